The predicted molar refractivity (Wildman–Crippen MR) is 132 cm³/mol. The second-order valence-electron chi connectivity index (χ2n) is 7.21. The summed E-state index contributed by atoms with van der Waals surface area (Å²) in [6.45, 7) is 0. The maximum absolute atomic E-state index is 13.4. The summed E-state index contributed by atoms with van der Waals surface area (Å²) in [6.07, 6.45) is 1.91. The monoisotopic (exact) mass is 498 g/mol. The summed E-state index contributed by atoms with van der Waals surface area (Å²) in [5.41, 5.74) is 2.84. The van der Waals surface area contributed by atoms with Gasteiger partial charge in [-0.15, -0.1) is 0 Å². The van der Waals surface area contributed by atoms with Crippen molar-refractivity contribution in [2.24, 2.45) is 0 Å². The molecular weight excluding hydrogens is 477 g/mol. The van der Waals surface area contributed by atoms with Crippen molar-refractivity contribution < 1.29 is 23.2 Å². The van der Waals surface area contributed by atoms with E-state index in [-0.39, 0.29) is 11.7 Å². The molecule has 0 saturated carbocycles. The summed E-state index contributed by atoms with van der Waals surface area (Å²) in [6, 6.07) is 18.8. The van der Waals surface area contributed by atoms with Crippen LogP contribution in [0.3, 0.4) is 0 Å². The number of carbonyl (C=O) groups excluding carboxylic acids is 1. The largest absolute Gasteiger partial charge is 0.493 e. The van der Waals surface area contributed by atoms with Gasteiger partial charge in [0.05, 0.1) is 25.0 Å². The van der Waals surface area contributed by atoms with E-state index < -0.39 is 5.82 Å². The molecule has 0 aliphatic carbocycles. The quantitative estimate of drug-likeness (QED) is 0.249. The molecule has 0 aliphatic heterocycles. The Morgan fingerprint density at radius 1 is 1.06 bits per heavy atom. The Labute approximate surface area is 205 Å². The number of imidazole rings is 1. The number of H-pyrrole nitrogens is 1. The minimum atomic E-state index is -0.411. The number of aromatic nitrogens is 2. The van der Waals surface area contributed by atoms with Gasteiger partial charge in [0.1, 0.15) is 12.0 Å². The number of rotatable bonds is 8. The Morgan fingerprint density at radius 3 is 2.59 bits per heavy atom. The van der Waals surface area contributed by atoms with Crippen molar-refractivity contribution in [3.8, 4) is 28.4 Å². The molecule has 4 rings (SSSR count). The lowest BCUT2D eigenvalue weighted by molar-refractivity contribution is -0.634. The molecule has 1 amide bonds. The first kappa shape index (κ1) is 23.7. The van der Waals surface area contributed by atoms with Gasteiger partial charge in [-0.25, -0.2) is 9.37 Å². The molecule has 0 fully saturated rings. The second-order valence-corrected chi connectivity index (χ2v) is 8.58. The number of methoxy groups -OCH3 is 2. The van der Waals surface area contributed by atoms with E-state index in [9.17, 15) is 9.18 Å². The molecule has 6 nitrogen and oxygen atoms in total. The van der Waals surface area contributed by atoms with Gasteiger partial charge in [0.15, 0.2) is 22.9 Å². The van der Waals surface area contributed by atoms with E-state index in [4.69, 9.17) is 21.1 Å². The van der Waals surface area contributed by atoms with Gasteiger partial charge in [0.25, 0.3) is 0 Å². The number of aromatic amines is 1. The van der Waals surface area contributed by atoms with E-state index in [0.29, 0.717) is 27.4 Å². The number of hydrogen-bond donors (Lipinski definition) is 2. The van der Waals surface area contributed by atoms with Crippen molar-refractivity contribution in [1.29, 1.82) is 0 Å². The topological polar surface area (TPSA) is 67.2 Å². The van der Waals surface area contributed by atoms with Gasteiger partial charge < -0.3 is 14.8 Å². The van der Waals surface area contributed by atoms with E-state index in [1.807, 2.05) is 47.2 Å². The van der Waals surface area contributed by atoms with Gasteiger partial charge in [0, 0.05) is 11.3 Å². The standard InChI is InChI=1S/C25H21ClFN3O3S/c1-32-22-11-10-16(12-23(22)33-2)20-14-30(21-9-4-3-8-19(21)26)25(29-20)34-15-24(31)28-18-7-5-6-17(27)13-18/h3-14H,15H2,1-2H3,(H,28,31)/p+1. The van der Waals surface area contributed by atoms with E-state index in [0.717, 1.165) is 16.9 Å². The Morgan fingerprint density at radius 2 is 1.85 bits per heavy atom. The van der Waals surface area contributed by atoms with Gasteiger partial charge in [-0.3, -0.25) is 4.79 Å². The summed E-state index contributed by atoms with van der Waals surface area (Å²) in [5, 5.41) is 3.98. The van der Waals surface area contributed by atoms with Crippen LogP contribution in [0, 0.1) is 5.82 Å². The molecule has 0 unspecified atom stereocenters. The molecule has 0 bridgehead atoms. The Hall–Kier alpha value is -3.49. The number of halogens is 2. The first-order valence-corrected chi connectivity index (χ1v) is 11.6. The Bertz CT molecular complexity index is 1330. The fourth-order valence-electron chi connectivity index (χ4n) is 3.37. The molecule has 0 aliphatic rings. The highest BCUT2D eigenvalue weighted by atomic mass is 35.5. The van der Waals surface area contributed by atoms with E-state index in [2.05, 4.69) is 10.3 Å². The molecule has 1 aromatic heterocycles. The van der Waals surface area contributed by atoms with Crippen LogP contribution < -0.4 is 19.4 Å². The van der Waals surface area contributed by atoms with Crippen molar-refractivity contribution in [2.45, 2.75) is 5.16 Å². The van der Waals surface area contributed by atoms with Crippen LogP contribution in [0.4, 0.5) is 10.1 Å². The molecule has 0 saturated heterocycles. The SMILES string of the molecule is COc1ccc(-c2c[n+](-c3ccccc3Cl)c(SCC(=O)Nc3cccc(F)c3)[nH]2)cc1OC. The lowest BCUT2D eigenvalue weighted by Gasteiger charge is -2.07. The lowest BCUT2D eigenvalue weighted by atomic mass is 10.1. The van der Waals surface area contributed by atoms with E-state index in [1.165, 1.54) is 23.9 Å². The van der Waals surface area contributed by atoms with Crippen LogP contribution in [0.5, 0.6) is 11.5 Å². The zero-order valence-corrected chi connectivity index (χ0v) is 20.0. The number of amides is 1. The van der Waals surface area contributed by atoms with Crippen LogP contribution in [0.15, 0.2) is 78.1 Å². The number of thioether (sulfide) groups is 1. The average molecular weight is 499 g/mol. The molecule has 2 N–H and O–H groups in total. The Kier molecular flexibility index (Phi) is 7.40. The molecule has 0 spiro atoms. The number of hydrogen-bond acceptors (Lipinski definition) is 4. The third-order valence-electron chi connectivity index (χ3n) is 4.97. The fraction of sp³-hybridized carbons (Fsp3) is 0.120. The van der Waals surface area contributed by atoms with Crippen LogP contribution in [0.25, 0.3) is 16.9 Å². The van der Waals surface area contributed by atoms with Crippen molar-refractivity contribution in [3.63, 3.8) is 0 Å². The molecule has 34 heavy (non-hydrogen) atoms. The number of benzene rings is 3. The number of carbonyl (C=O) groups is 1. The van der Waals surface area contributed by atoms with Gasteiger partial charge in [0.2, 0.25) is 5.91 Å². The van der Waals surface area contributed by atoms with Crippen LogP contribution in [-0.4, -0.2) is 30.9 Å². The Balaban J connectivity index is 1.63. The molecule has 9 heteroatoms. The summed E-state index contributed by atoms with van der Waals surface area (Å²) in [5.74, 6) is 0.657. The van der Waals surface area contributed by atoms with Crippen LogP contribution in [0.2, 0.25) is 5.02 Å². The van der Waals surface area contributed by atoms with Gasteiger partial charge >= 0.3 is 5.16 Å². The highest BCUT2D eigenvalue weighted by Gasteiger charge is 2.23. The summed E-state index contributed by atoms with van der Waals surface area (Å²) in [7, 11) is 3.17. The van der Waals surface area contributed by atoms with Crippen molar-refractivity contribution in [2.75, 3.05) is 25.3 Å². The molecule has 0 radical (unpaired) electrons. The average Bonchev–Trinajstić information content (AvgIpc) is 3.26. The highest BCUT2D eigenvalue weighted by Crippen LogP contribution is 2.32. The van der Waals surface area contributed by atoms with E-state index in [1.54, 1.807) is 32.4 Å². The van der Waals surface area contributed by atoms with Crippen molar-refractivity contribution in [3.05, 3.63) is 83.8 Å². The zero-order valence-electron chi connectivity index (χ0n) is 18.5. The third kappa shape index (κ3) is 5.35. The number of anilines is 1. The smallest absolute Gasteiger partial charge is 0.322 e. The number of nitrogens with one attached hydrogen (secondary N) is 2. The molecular formula is C25H22ClFN3O3S+. The summed E-state index contributed by atoms with van der Waals surface area (Å²) >= 11 is 7.77. The molecule has 4 aromatic rings. The highest BCUT2D eigenvalue weighted by molar-refractivity contribution is 7.99. The maximum Gasteiger partial charge on any atom is 0.322 e. The first-order valence-electron chi connectivity index (χ1n) is 10.3. The summed E-state index contributed by atoms with van der Waals surface area (Å²) in [4.78, 5) is 15.9. The molecule has 174 valence electrons. The summed E-state index contributed by atoms with van der Waals surface area (Å²) < 4.78 is 26.1. The van der Waals surface area contributed by atoms with Gasteiger partial charge in [-0.2, -0.15) is 4.57 Å². The van der Waals surface area contributed by atoms with Crippen LogP contribution in [-0.2, 0) is 4.79 Å². The lowest BCUT2D eigenvalue weighted by Crippen LogP contribution is -2.31. The van der Waals surface area contributed by atoms with Crippen molar-refractivity contribution >= 4 is 35.0 Å². The molecule has 1 heterocycles. The van der Waals surface area contributed by atoms with Gasteiger partial charge in [-0.1, -0.05) is 29.8 Å². The minimum absolute atomic E-state index is 0.104. The number of ether oxygens (including phenoxy) is 2. The maximum atomic E-state index is 13.4. The molecule has 3 aromatic carbocycles. The number of para-hydroxylation sites is 1. The third-order valence-corrected chi connectivity index (χ3v) is 6.27. The van der Waals surface area contributed by atoms with Crippen LogP contribution in [0.1, 0.15) is 0 Å². The van der Waals surface area contributed by atoms with Crippen molar-refractivity contribution in [1.82, 2.24) is 4.98 Å². The van der Waals surface area contributed by atoms with Gasteiger partial charge in [-0.05, 0) is 60.3 Å². The normalized spacial score (nSPS) is 10.7. The van der Waals surface area contributed by atoms with Crippen LogP contribution >= 0.6 is 23.4 Å². The predicted octanol–water partition coefficient (Wildman–Crippen LogP) is 5.50. The molecule has 0 atom stereocenters. The fourth-order valence-corrected chi connectivity index (χ4v) is 4.41. The second kappa shape index (κ2) is 10.6. The minimum Gasteiger partial charge on any atom is -0.493 e. The first-order chi connectivity index (χ1) is 16.5. The number of nitrogens with zero attached hydrogens (tertiary/aromatic N) is 1. The van der Waals surface area contributed by atoms with E-state index >= 15 is 0 Å². The zero-order chi connectivity index (χ0) is 24.1.